The summed E-state index contributed by atoms with van der Waals surface area (Å²) in [5.74, 6) is 0. The minimum atomic E-state index is 0.295. The smallest absolute Gasteiger partial charge is 0.0586 e. The van der Waals surface area contributed by atoms with E-state index in [0.717, 1.165) is 19.5 Å². The van der Waals surface area contributed by atoms with Crippen LogP contribution >= 0.6 is 0 Å². The van der Waals surface area contributed by atoms with Crippen molar-refractivity contribution in [3.63, 3.8) is 0 Å². The maximum atomic E-state index is 5.64. The Kier molecular flexibility index (Phi) is 3.12. The molecule has 60 valence electrons. The van der Waals surface area contributed by atoms with Gasteiger partial charge in [0.1, 0.15) is 0 Å². The highest BCUT2D eigenvalue weighted by Gasteiger charge is 2.11. The topological polar surface area (TPSA) is 50.1 Å². The maximum absolute atomic E-state index is 5.64. The van der Waals surface area contributed by atoms with E-state index in [9.17, 15) is 0 Å². The highest BCUT2D eigenvalue weighted by Crippen LogP contribution is 1.96. The summed E-state index contributed by atoms with van der Waals surface area (Å²) in [4.78, 5) is 0. The molecule has 1 aliphatic rings. The van der Waals surface area contributed by atoms with Crippen LogP contribution in [0.5, 0.6) is 0 Å². The van der Waals surface area contributed by atoms with Gasteiger partial charge >= 0.3 is 0 Å². The second-order valence-electron chi connectivity index (χ2n) is 3.03. The number of nitrogens with two attached hydrogens (primary N) is 1. The van der Waals surface area contributed by atoms with Gasteiger partial charge in [-0.3, -0.25) is 0 Å². The summed E-state index contributed by atoms with van der Waals surface area (Å²) >= 11 is 0. The quantitative estimate of drug-likeness (QED) is 0.494. The first-order chi connectivity index (χ1) is 4.79. The standard InChI is InChI=1S/C7H17N3/c1-6(8)5-7-9-3-2-4-10-7/h6-7,9-10H,2-5,8H2,1H3. The molecule has 3 heteroatoms. The Morgan fingerprint density at radius 1 is 1.50 bits per heavy atom. The van der Waals surface area contributed by atoms with Crippen LogP contribution in [0.1, 0.15) is 19.8 Å². The summed E-state index contributed by atoms with van der Waals surface area (Å²) in [6, 6.07) is 0.295. The molecular formula is C7H17N3. The molecule has 1 fully saturated rings. The van der Waals surface area contributed by atoms with Crippen LogP contribution in [0.3, 0.4) is 0 Å². The van der Waals surface area contributed by atoms with Crippen molar-refractivity contribution in [2.75, 3.05) is 13.1 Å². The largest absolute Gasteiger partial charge is 0.328 e. The summed E-state index contributed by atoms with van der Waals surface area (Å²) in [5.41, 5.74) is 5.64. The predicted molar refractivity (Wildman–Crippen MR) is 42.7 cm³/mol. The molecule has 4 N–H and O–H groups in total. The van der Waals surface area contributed by atoms with Crippen molar-refractivity contribution in [3.8, 4) is 0 Å². The maximum Gasteiger partial charge on any atom is 0.0586 e. The Labute approximate surface area is 62.4 Å². The fourth-order valence-corrected chi connectivity index (χ4v) is 1.25. The van der Waals surface area contributed by atoms with E-state index in [2.05, 4.69) is 10.6 Å². The zero-order valence-electron chi connectivity index (χ0n) is 6.56. The molecule has 0 aromatic rings. The lowest BCUT2D eigenvalue weighted by atomic mass is 10.2. The lowest BCUT2D eigenvalue weighted by molar-refractivity contribution is 0.337. The van der Waals surface area contributed by atoms with Gasteiger partial charge in [-0.15, -0.1) is 0 Å². The fraction of sp³-hybridized carbons (Fsp3) is 1.00. The van der Waals surface area contributed by atoms with Crippen LogP contribution in [0, 0.1) is 0 Å². The van der Waals surface area contributed by atoms with Crippen molar-refractivity contribution in [1.82, 2.24) is 10.6 Å². The Balaban J connectivity index is 2.13. The van der Waals surface area contributed by atoms with Crippen molar-refractivity contribution >= 4 is 0 Å². The zero-order valence-corrected chi connectivity index (χ0v) is 6.56. The molecule has 0 radical (unpaired) electrons. The molecule has 1 unspecified atom stereocenters. The van der Waals surface area contributed by atoms with Gasteiger partial charge in [0.2, 0.25) is 0 Å². The summed E-state index contributed by atoms with van der Waals surface area (Å²) in [7, 11) is 0. The molecule has 3 nitrogen and oxygen atoms in total. The van der Waals surface area contributed by atoms with Gasteiger partial charge in [0.15, 0.2) is 0 Å². The van der Waals surface area contributed by atoms with E-state index in [-0.39, 0.29) is 0 Å². The monoisotopic (exact) mass is 143 g/mol. The van der Waals surface area contributed by atoms with E-state index >= 15 is 0 Å². The molecule has 0 bridgehead atoms. The van der Waals surface area contributed by atoms with Crippen LogP contribution in [0.25, 0.3) is 0 Å². The van der Waals surface area contributed by atoms with Gasteiger partial charge in [-0.25, -0.2) is 0 Å². The van der Waals surface area contributed by atoms with E-state index in [1.54, 1.807) is 0 Å². The zero-order chi connectivity index (χ0) is 7.40. The third-order valence-electron chi connectivity index (χ3n) is 1.74. The fourth-order valence-electron chi connectivity index (χ4n) is 1.25. The lowest BCUT2D eigenvalue weighted by Gasteiger charge is -2.26. The number of hydrogen-bond acceptors (Lipinski definition) is 3. The Morgan fingerprint density at radius 2 is 2.10 bits per heavy atom. The van der Waals surface area contributed by atoms with Crippen molar-refractivity contribution in [2.45, 2.75) is 32.0 Å². The van der Waals surface area contributed by atoms with E-state index in [0.29, 0.717) is 12.2 Å². The first-order valence-corrected chi connectivity index (χ1v) is 4.01. The summed E-state index contributed by atoms with van der Waals surface area (Å²) in [6.45, 7) is 4.30. The molecule has 0 aromatic carbocycles. The highest BCUT2D eigenvalue weighted by molar-refractivity contribution is 4.73. The number of hydrogen-bond donors (Lipinski definition) is 3. The van der Waals surface area contributed by atoms with E-state index in [4.69, 9.17) is 5.73 Å². The molecule has 1 atom stereocenters. The lowest BCUT2D eigenvalue weighted by Crippen LogP contribution is -2.50. The molecule has 0 aliphatic carbocycles. The van der Waals surface area contributed by atoms with Gasteiger partial charge in [-0.1, -0.05) is 0 Å². The summed E-state index contributed by atoms with van der Waals surface area (Å²) in [6.07, 6.45) is 2.71. The predicted octanol–water partition coefficient (Wildman–Crippen LogP) is -0.367. The minimum absolute atomic E-state index is 0.295. The van der Waals surface area contributed by atoms with Crippen LogP contribution < -0.4 is 16.4 Å². The first kappa shape index (κ1) is 7.98. The Hall–Kier alpha value is -0.120. The third-order valence-corrected chi connectivity index (χ3v) is 1.74. The van der Waals surface area contributed by atoms with Gasteiger partial charge in [0.05, 0.1) is 6.17 Å². The second-order valence-corrected chi connectivity index (χ2v) is 3.03. The molecule has 10 heavy (non-hydrogen) atoms. The minimum Gasteiger partial charge on any atom is -0.328 e. The van der Waals surface area contributed by atoms with Gasteiger partial charge in [0, 0.05) is 6.04 Å². The summed E-state index contributed by atoms with van der Waals surface area (Å²) in [5, 5.41) is 6.72. The van der Waals surface area contributed by atoms with Crippen molar-refractivity contribution in [1.29, 1.82) is 0 Å². The van der Waals surface area contributed by atoms with Gasteiger partial charge in [-0.2, -0.15) is 0 Å². The van der Waals surface area contributed by atoms with Gasteiger partial charge in [0.25, 0.3) is 0 Å². The number of rotatable bonds is 2. The van der Waals surface area contributed by atoms with E-state index in [1.807, 2.05) is 6.92 Å². The molecule has 0 amide bonds. The van der Waals surface area contributed by atoms with E-state index < -0.39 is 0 Å². The van der Waals surface area contributed by atoms with Gasteiger partial charge in [-0.05, 0) is 32.9 Å². The second kappa shape index (κ2) is 3.91. The SMILES string of the molecule is CC(N)CC1NCCCN1. The highest BCUT2D eigenvalue weighted by atomic mass is 15.1. The van der Waals surface area contributed by atoms with Crippen LogP contribution in [0.4, 0.5) is 0 Å². The van der Waals surface area contributed by atoms with E-state index in [1.165, 1.54) is 6.42 Å². The third kappa shape index (κ3) is 2.64. The molecule has 0 spiro atoms. The average molecular weight is 143 g/mol. The van der Waals surface area contributed by atoms with Crippen LogP contribution in [-0.2, 0) is 0 Å². The summed E-state index contributed by atoms with van der Waals surface area (Å²) < 4.78 is 0. The van der Waals surface area contributed by atoms with Gasteiger partial charge < -0.3 is 16.4 Å². The average Bonchev–Trinajstić information content (AvgIpc) is 1.88. The first-order valence-electron chi connectivity index (χ1n) is 4.01. The number of nitrogens with one attached hydrogen (secondary N) is 2. The molecule has 1 aliphatic heterocycles. The molecule has 0 saturated carbocycles. The van der Waals surface area contributed by atoms with Crippen LogP contribution in [0.2, 0.25) is 0 Å². The van der Waals surface area contributed by atoms with Crippen LogP contribution in [0.15, 0.2) is 0 Å². The molecule has 0 aromatic heterocycles. The Morgan fingerprint density at radius 3 is 2.60 bits per heavy atom. The molecular weight excluding hydrogens is 126 g/mol. The van der Waals surface area contributed by atoms with Crippen molar-refractivity contribution in [2.24, 2.45) is 5.73 Å². The van der Waals surface area contributed by atoms with Crippen molar-refractivity contribution in [3.05, 3.63) is 0 Å². The normalized spacial score (nSPS) is 24.6. The molecule has 1 rings (SSSR count). The van der Waals surface area contributed by atoms with Crippen molar-refractivity contribution < 1.29 is 0 Å². The molecule has 1 saturated heterocycles. The Bertz CT molecular complexity index is 86.9. The van der Waals surface area contributed by atoms with Crippen LogP contribution in [-0.4, -0.2) is 25.3 Å². The molecule has 1 heterocycles.